The van der Waals surface area contributed by atoms with Gasteiger partial charge in [0.25, 0.3) is 0 Å². The lowest BCUT2D eigenvalue weighted by Crippen LogP contribution is -2.19. The fourth-order valence-electron chi connectivity index (χ4n) is 5.00. The summed E-state index contributed by atoms with van der Waals surface area (Å²) < 4.78 is 6.19. The second-order valence-corrected chi connectivity index (χ2v) is 8.87. The molecular formula is C27H39NO. The first-order valence-corrected chi connectivity index (χ1v) is 11.9. The number of rotatable bonds is 10. The van der Waals surface area contributed by atoms with Crippen molar-refractivity contribution >= 4 is 0 Å². The molecule has 1 aliphatic carbocycles. The Kier molecular flexibility index (Phi) is 8.58. The molecule has 2 nitrogen and oxygen atoms in total. The molecule has 2 aromatic rings. The van der Waals surface area contributed by atoms with Crippen LogP contribution in [0.4, 0.5) is 0 Å². The van der Waals surface area contributed by atoms with Crippen molar-refractivity contribution in [3.63, 3.8) is 0 Å². The molecule has 1 unspecified atom stereocenters. The Labute approximate surface area is 178 Å². The molecule has 0 bridgehead atoms. The predicted octanol–water partition coefficient (Wildman–Crippen LogP) is 8.03. The van der Waals surface area contributed by atoms with E-state index >= 15 is 0 Å². The van der Waals surface area contributed by atoms with Crippen LogP contribution in [0.25, 0.3) is 11.1 Å². The standard InChI is InChI=1S/C27H39NO/c1-4-6-9-19-29-27-12-8-7-11-25(27)24-17-18-28-20-26(24)21(3)23-15-13-22(10-5-2)14-16-23/h7-8,11-12,17-18,20-23H,4-6,9-10,13-16,19H2,1-3H3. The number of para-hydroxylation sites is 1. The number of unbranched alkanes of at least 4 members (excludes halogenated alkanes) is 2. The first-order chi connectivity index (χ1) is 14.2. The molecule has 1 heterocycles. The highest BCUT2D eigenvalue weighted by molar-refractivity contribution is 5.73. The Balaban J connectivity index is 1.77. The van der Waals surface area contributed by atoms with Crippen molar-refractivity contribution in [1.29, 1.82) is 0 Å². The maximum atomic E-state index is 6.19. The average Bonchev–Trinajstić information content (AvgIpc) is 2.77. The number of benzene rings is 1. The van der Waals surface area contributed by atoms with E-state index in [1.54, 1.807) is 0 Å². The molecule has 0 saturated heterocycles. The Bertz CT molecular complexity index is 733. The van der Waals surface area contributed by atoms with Gasteiger partial charge in [0.15, 0.2) is 0 Å². The van der Waals surface area contributed by atoms with Crippen LogP contribution in [-0.2, 0) is 0 Å². The molecule has 1 aromatic carbocycles. The maximum absolute atomic E-state index is 6.19. The van der Waals surface area contributed by atoms with E-state index < -0.39 is 0 Å². The highest BCUT2D eigenvalue weighted by Gasteiger charge is 2.27. The van der Waals surface area contributed by atoms with Gasteiger partial charge in [0.05, 0.1) is 6.61 Å². The fraction of sp³-hybridized carbons (Fsp3) is 0.593. The van der Waals surface area contributed by atoms with Crippen molar-refractivity contribution in [2.24, 2.45) is 11.8 Å². The molecule has 1 aromatic heterocycles. The number of ether oxygens (including phenoxy) is 1. The fourth-order valence-corrected chi connectivity index (χ4v) is 5.00. The van der Waals surface area contributed by atoms with Crippen molar-refractivity contribution in [1.82, 2.24) is 4.98 Å². The molecule has 0 amide bonds. The first kappa shape index (κ1) is 21.9. The number of hydrogen-bond acceptors (Lipinski definition) is 2. The average molecular weight is 394 g/mol. The van der Waals surface area contributed by atoms with Crippen molar-refractivity contribution in [2.45, 2.75) is 84.5 Å². The van der Waals surface area contributed by atoms with Crippen LogP contribution in [-0.4, -0.2) is 11.6 Å². The van der Waals surface area contributed by atoms with Gasteiger partial charge in [0.1, 0.15) is 5.75 Å². The number of pyridine rings is 1. The van der Waals surface area contributed by atoms with Crippen LogP contribution in [0.5, 0.6) is 5.75 Å². The van der Waals surface area contributed by atoms with E-state index in [2.05, 4.69) is 62.3 Å². The zero-order valence-corrected chi connectivity index (χ0v) is 18.7. The second kappa shape index (κ2) is 11.4. The zero-order valence-electron chi connectivity index (χ0n) is 18.7. The number of hydrogen-bond donors (Lipinski definition) is 0. The molecule has 1 fully saturated rings. The smallest absolute Gasteiger partial charge is 0.127 e. The maximum Gasteiger partial charge on any atom is 0.127 e. The van der Waals surface area contributed by atoms with Crippen LogP contribution in [0.15, 0.2) is 42.7 Å². The van der Waals surface area contributed by atoms with Crippen LogP contribution >= 0.6 is 0 Å². The van der Waals surface area contributed by atoms with Gasteiger partial charge in [0.2, 0.25) is 0 Å². The first-order valence-electron chi connectivity index (χ1n) is 11.9. The number of nitrogens with zero attached hydrogens (tertiary/aromatic N) is 1. The Morgan fingerprint density at radius 3 is 2.52 bits per heavy atom. The van der Waals surface area contributed by atoms with Gasteiger partial charge in [0, 0.05) is 18.0 Å². The molecule has 0 N–H and O–H groups in total. The van der Waals surface area contributed by atoms with Gasteiger partial charge in [-0.2, -0.15) is 0 Å². The third-order valence-corrected chi connectivity index (χ3v) is 6.82. The summed E-state index contributed by atoms with van der Waals surface area (Å²) in [4.78, 5) is 4.51. The topological polar surface area (TPSA) is 22.1 Å². The lowest BCUT2D eigenvalue weighted by Gasteiger charge is -2.33. The zero-order chi connectivity index (χ0) is 20.5. The van der Waals surface area contributed by atoms with Gasteiger partial charge in [-0.25, -0.2) is 0 Å². The minimum atomic E-state index is 0.537. The van der Waals surface area contributed by atoms with Crippen LogP contribution in [0.1, 0.15) is 90.0 Å². The summed E-state index contributed by atoms with van der Waals surface area (Å²) in [5.74, 6) is 3.27. The summed E-state index contributed by atoms with van der Waals surface area (Å²) in [6.45, 7) is 7.75. The Morgan fingerprint density at radius 1 is 0.966 bits per heavy atom. The molecular weight excluding hydrogens is 354 g/mol. The number of aromatic nitrogens is 1. The van der Waals surface area contributed by atoms with E-state index in [1.807, 2.05) is 6.20 Å². The third kappa shape index (κ3) is 5.84. The van der Waals surface area contributed by atoms with Crippen molar-refractivity contribution < 1.29 is 4.74 Å². The molecule has 1 saturated carbocycles. The van der Waals surface area contributed by atoms with Gasteiger partial charge in [-0.15, -0.1) is 0 Å². The molecule has 29 heavy (non-hydrogen) atoms. The van der Waals surface area contributed by atoms with Gasteiger partial charge in [-0.1, -0.05) is 77.5 Å². The molecule has 0 aliphatic heterocycles. The normalized spacial score (nSPS) is 20.4. The summed E-state index contributed by atoms with van der Waals surface area (Å²) in [7, 11) is 0. The van der Waals surface area contributed by atoms with Gasteiger partial charge >= 0.3 is 0 Å². The summed E-state index contributed by atoms with van der Waals surface area (Å²) in [5.41, 5.74) is 3.90. The van der Waals surface area contributed by atoms with Crippen molar-refractivity contribution in [3.8, 4) is 16.9 Å². The molecule has 0 radical (unpaired) electrons. The van der Waals surface area contributed by atoms with E-state index in [0.717, 1.165) is 30.6 Å². The molecule has 0 spiro atoms. The van der Waals surface area contributed by atoms with Crippen LogP contribution in [0.3, 0.4) is 0 Å². The molecule has 3 rings (SSSR count). The minimum Gasteiger partial charge on any atom is -0.493 e. The lowest BCUT2D eigenvalue weighted by atomic mass is 9.72. The van der Waals surface area contributed by atoms with Gasteiger partial charge < -0.3 is 4.74 Å². The van der Waals surface area contributed by atoms with Gasteiger partial charge in [-0.05, 0) is 60.3 Å². The van der Waals surface area contributed by atoms with Crippen molar-refractivity contribution in [2.75, 3.05) is 6.61 Å². The summed E-state index contributed by atoms with van der Waals surface area (Å²) in [6.07, 6.45) is 15.8. The predicted molar refractivity (Wildman–Crippen MR) is 123 cm³/mol. The van der Waals surface area contributed by atoms with Gasteiger partial charge in [-0.3, -0.25) is 4.98 Å². The molecule has 1 aliphatic rings. The van der Waals surface area contributed by atoms with E-state index in [0.29, 0.717) is 5.92 Å². The Hall–Kier alpha value is -1.83. The van der Waals surface area contributed by atoms with Crippen LogP contribution in [0.2, 0.25) is 0 Å². The Morgan fingerprint density at radius 2 is 1.76 bits per heavy atom. The summed E-state index contributed by atoms with van der Waals surface area (Å²) >= 11 is 0. The van der Waals surface area contributed by atoms with E-state index in [9.17, 15) is 0 Å². The quantitative estimate of drug-likeness (QED) is 0.381. The molecule has 158 valence electrons. The second-order valence-electron chi connectivity index (χ2n) is 8.87. The van der Waals surface area contributed by atoms with Crippen LogP contribution in [0, 0.1) is 11.8 Å². The SMILES string of the molecule is CCCCCOc1ccccc1-c1ccncc1C(C)C1CCC(CCC)CC1. The van der Waals surface area contributed by atoms with E-state index in [1.165, 1.54) is 68.1 Å². The van der Waals surface area contributed by atoms with E-state index in [4.69, 9.17) is 4.74 Å². The van der Waals surface area contributed by atoms with E-state index in [-0.39, 0.29) is 0 Å². The monoisotopic (exact) mass is 393 g/mol. The summed E-state index contributed by atoms with van der Waals surface area (Å²) in [5, 5.41) is 0. The molecule has 2 heteroatoms. The highest BCUT2D eigenvalue weighted by Crippen LogP contribution is 2.43. The minimum absolute atomic E-state index is 0.537. The summed E-state index contributed by atoms with van der Waals surface area (Å²) in [6, 6.07) is 10.7. The highest BCUT2D eigenvalue weighted by atomic mass is 16.5. The van der Waals surface area contributed by atoms with Crippen molar-refractivity contribution in [3.05, 3.63) is 48.3 Å². The largest absolute Gasteiger partial charge is 0.493 e. The lowest BCUT2D eigenvalue weighted by molar-refractivity contribution is 0.239. The molecule has 1 atom stereocenters. The van der Waals surface area contributed by atoms with Crippen LogP contribution < -0.4 is 4.74 Å². The third-order valence-electron chi connectivity index (χ3n) is 6.82.